The second-order valence-electron chi connectivity index (χ2n) is 7.90. The number of fused-ring (bicyclic) bond motifs is 1. The number of halogens is 1. The Hall–Kier alpha value is -3.96. The summed E-state index contributed by atoms with van der Waals surface area (Å²) in [6.45, 7) is 2.12. The average Bonchev–Trinajstić information content (AvgIpc) is 3.33. The van der Waals surface area contributed by atoms with E-state index in [9.17, 15) is 19.3 Å². The van der Waals surface area contributed by atoms with E-state index in [-0.39, 0.29) is 23.3 Å². The number of benzene rings is 2. The number of hydrogen-bond acceptors (Lipinski definition) is 8. The van der Waals surface area contributed by atoms with Crippen molar-refractivity contribution in [2.24, 2.45) is 0 Å². The first-order chi connectivity index (χ1) is 17.0. The van der Waals surface area contributed by atoms with E-state index in [0.717, 1.165) is 5.56 Å². The highest BCUT2D eigenvalue weighted by molar-refractivity contribution is 7.22. The van der Waals surface area contributed by atoms with Crippen molar-refractivity contribution >= 4 is 44.0 Å². The van der Waals surface area contributed by atoms with Gasteiger partial charge in [0.05, 0.1) is 29.4 Å². The van der Waals surface area contributed by atoms with Gasteiger partial charge in [0.1, 0.15) is 17.0 Å². The van der Waals surface area contributed by atoms with Crippen LogP contribution in [0.1, 0.15) is 15.9 Å². The van der Waals surface area contributed by atoms with Crippen LogP contribution in [0.25, 0.3) is 10.2 Å². The van der Waals surface area contributed by atoms with E-state index in [2.05, 4.69) is 9.97 Å². The molecule has 0 atom stereocenters. The molecule has 1 amide bonds. The monoisotopic (exact) mass is 493 g/mol. The van der Waals surface area contributed by atoms with Crippen LogP contribution in [0.2, 0.25) is 0 Å². The highest BCUT2D eigenvalue weighted by atomic mass is 32.1. The third-order valence-corrected chi connectivity index (χ3v) is 6.71. The minimum absolute atomic E-state index is 0.118. The van der Waals surface area contributed by atoms with Gasteiger partial charge in [-0.2, -0.15) is 0 Å². The summed E-state index contributed by atoms with van der Waals surface area (Å²) < 4.78 is 20.3. The summed E-state index contributed by atoms with van der Waals surface area (Å²) in [7, 11) is 0. The van der Waals surface area contributed by atoms with Crippen molar-refractivity contribution in [1.82, 2.24) is 9.97 Å². The Morgan fingerprint density at radius 1 is 1.20 bits per heavy atom. The molecule has 1 aliphatic heterocycles. The van der Waals surface area contributed by atoms with Crippen molar-refractivity contribution in [3.8, 4) is 0 Å². The van der Waals surface area contributed by atoms with Crippen LogP contribution in [0, 0.1) is 15.9 Å². The van der Waals surface area contributed by atoms with Crippen LogP contribution in [0.15, 0.2) is 60.9 Å². The van der Waals surface area contributed by atoms with Crippen LogP contribution in [-0.2, 0) is 11.3 Å². The number of carbonyl (C=O) groups excluding carboxylic acids is 1. The Balaban J connectivity index is 1.55. The predicted octanol–water partition coefficient (Wildman–Crippen LogP) is 4.42. The highest BCUT2D eigenvalue weighted by Crippen LogP contribution is 2.34. The Morgan fingerprint density at radius 2 is 2.03 bits per heavy atom. The molecule has 0 unspecified atom stereocenters. The topological polar surface area (TPSA) is 102 Å². The number of rotatable bonds is 6. The van der Waals surface area contributed by atoms with Crippen molar-refractivity contribution in [2.45, 2.75) is 6.54 Å². The summed E-state index contributed by atoms with van der Waals surface area (Å²) in [4.78, 5) is 36.8. The molecule has 4 aromatic rings. The largest absolute Gasteiger partial charge is 0.378 e. The van der Waals surface area contributed by atoms with Crippen molar-refractivity contribution in [3.05, 3.63) is 88.0 Å². The van der Waals surface area contributed by atoms with Crippen LogP contribution in [0.5, 0.6) is 0 Å². The van der Waals surface area contributed by atoms with Crippen LogP contribution >= 0.6 is 11.3 Å². The fourth-order valence-corrected chi connectivity index (χ4v) is 4.93. The number of nitrogens with zero attached hydrogens (tertiary/aromatic N) is 5. The molecule has 178 valence electrons. The minimum Gasteiger partial charge on any atom is -0.378 e. The van der Waals surface area contributed by atoms with E-state index in [1.54, 1.807) is 42.7 Å². The molecule has 1 fully saturated rings. The number of para-hydroxylation sites is 1. The molecule has 0 spiro atoms. The first-order valence-corrected chi connectivity index (χ1v) is 11.7. The lowest BCUT2D eigenvalue weighted by Crippen LogP contribution is -2.36. The summed E-state index contributed by atoms with van der Waals surface area (Å²) in [5.74, 6) is -0.964. The van der Waals surface area contributed by atoms with Crippen molar-refractivity contribution < 1.29 is 18.8 Å². The van der Waals surface area contributed by atoms with Gasteiger partial charge in [-0.1, -0.05) is 23.5 Å². The van der Waals surface area contributed by atoms with Crippen LogP contribution in [0.4, 0.5) is 20.9 Å². The zero-order chi connectivity index (χ0) is 24.4. The van der Waals surface area contributed by atoms with Gasteiger partial charge in [0.2, 0.25) is 0 Å². The third-order valence-electron chi connectivity index (χ3n) is 5.67. The molecule has 0 saturated carbocycles. The van der Waals surface area contributed by atoms with Gasteiger partial charge in [0.25, 0.3) is 11.6 Å². The van der Waals surface area contributed by atoms with Crippen LogP contribution < -0.4 is 9.80 Å². The second kappa shape index (κ2) is 9.72. The second-order valence-corrected chi connectivity index (χ2v) is 8.90. The third kappa shape index (κ3) is 4.68. The van der Waals surface area contributed by atoms with Gasteiger partial charge in [0.15, 0.2) is 5.13 Å². The van der Waals surface area contributed by atoms with Gasteiger partial charge in [-0.3, -0.25) is 24.8 Å². The smallest absolute Gasteiger partial charge is 0.293 e. The molecule has 3 heterocycles. The van der Waals surface area contributed by atoms with E-state index in [4.69, 9.17) is 4.74 Å². The van der Waals surface area contributed by atoms with Crippen molar-refractivity contribution in [3.63, 3.8) is 0 Å². The number of ether oxygens (including phenoxy) is 1. The van der Waals surface area contributed by atoms with Crippen LogP contribution in [0.3, 0.4) is 0 Å². The number of carbonyl (C=O) groups is 1. The van der Waals surface area contributed by atoms with Gasteiger partial charge >= 0.3 is 0 Å². The molecule has 11 heteroatoms. The molecule has 0 N–H and O–H groups in total. The summed E-state index contributed by atoms with van der Waals surface area (Å²) in [6, 6.07) is 12.6. The number of nitro groups is 1. The normalized spacial score (nSPS) is 13.7. The summed E-state index contributed by atoms with van der Waals surface area (Å²) >= 11 is 1.18. The SMILES string of the molecule is O=C(c1ccc(N2CCOCC2)c([N+](=O)[O-])c1)N(Cc1cccnc1)c1nc2c(F)cccc2s1. The quantitative estimate of drug-likeness (QED) is 0.289. The maximum Gasteiger partial charge on any atom is 0.293 e. The Bertz CT molecular complexity index is 1390. The number of morpholine rings is 1. The number of thiazole rings is 1. The fourth-order valence-electron chi connectivity index (χ4n) is 3.95. The van der Waals surface area contributed by atoms with Gasteiger partial charge in [-0.25, -0.2) is 9.37 Å². The Kier molecular flexibility index (Phi) is 6.34. The van der Waals surface area contributed by atoms with E-state index in [1.165, 1.54) is 28.4 Å². The molecule has 9 nitrogen and oxygen atoms in total. The van der Waals surface area contributed by atoms with Crippen molar-refractivity contribution in [2.75, 3.05) is 36.1 Å². The van der Waals surface area contributed by atoms with E-state index >= 15 is 0 Å². The summed E-state index contributed by atoms with van der Waals surface area (Å²) in [6.07, 6.45) is 3.24. The fraction of sp³-hybridized carbons (Fsp3) is 0.208. The number of anilines is 2. The highest BCUT2D eigenvalue weighted by Gasteiger charge is 2.27. The number of hydrogen-bond donors (Lipinski definition) is 0. The number of nitro benzene ring substituents is 1. The molecule has 1 saturated heterocycles. The van der Waals surface area contributed by atoms with Gasteiger partial charge < -0.3 is 9.64 Å². The molecule has 1 aliphatic rings. The molecule has 5 rings (SSSR count). The van der Waals surface area contributed by atoms with E-state index in [0.29, 0.717) is 41.8 Å². The van der Waals surface area contributed by atoms with Crippen LogP contribution in [-0.4, -0.2) is 47.1 Å². The zero-order valence-corrected chi connectivity index (χ0v) is 19.3. The zero-order valence-electron chi connectivity index (χ0n) is 18.5. The van der Waals surface area contributed by atoms with Crippen molar-refractivity contribution in [1.29, 1.82) is 0 Å². The Labute approximate surface area is 203 Å². The molecular weight excluding hydrogens is 473 g/mol. The standard InChI is InChI=1S/C24H20FN5O4S/c25-18-4-1-5-21-22(18)27-24(35-21)29(15-16-3-2-8-26-14-16)23(31)17-6-7-19(20(13-17)30(32)33)28-9-11-34-12-10-28/h1-8,13-14H,9-12,15H2. The maximum atomic E-state index is 14.3. The molecule has 2 aromatic carbocycles. The number of amides is 1. The van der Waals surface area contributed by atoms with Gasteiger partial charge in [-0.05, 0) is 35.9 Å². The maximum absolute atomic E-state index is 14.3. The molecule has 2 aromatic heterocycles. The van der Waals surface area contributed by atoms with E-state index in [1.807, 2.05) is 11.0 Å². The molecule has 0 bridgehead atoms. The minimum atomic E-state index is -0.486. The molecule has 0 radical (unpaired) electrons. The molecular formula is C24H20FN5O4S. The van der Waals surface area contributed by atoms with Gasteiger partial charge in [0, 0.05) is 37.1 Å². The Morgan fingerprint density at radius 3 is 2.74 bits per heavy atom. The molecule has 0 aliphatic carbocycles. The van der Waals surface area contributed by atoms with Gasteiger partial charge in [-0.15, -0.1) is 0 Å². The lowest BCUT2D eigenvalue weighted by molar-refractivity contribution is -0.384. The summed E-state index contributed by atoms with van der Waals surface area (Å²) in [5, 5.41) is 12.2. The molecule has 35 heavy (non-hydrogen) atoms. The number of aromatic nitrogens is 2. The summed E-state index contributed by atoms with van der Waals surface area (Å²) in [5.41, 5.74) is 1.33. The predicted molar refractivity (Wildman–Crippen MR) is 130 cm³/mol. The average molecular weight is 494 g/mol. The lowest BCUT2D eigenvalue weighted by Gasteiger charge is -2.28. The number of pyridine rings is 1. The first kappa shape index (κ1) is 22.8. The lowest BCUT2D eigenvalue weighted by atomic mass is 10.1. The van der Waals surface area contributed by atoms with E-state index < -0.39 is 16.6 Å². The first-order valence-electron chi connectivity index (χ1n) is 10.9.